The van der Waals surface area contributed by atoms with Crippen LogP contribution in [0.25, 0.3) is 0 Å². The van der Waals surface area contributed by atoms with E-state index in [1.54, 1.807) is 20.8 Å². The van der Waals surface area contributed by atoms with Crippen LogP contribution >= 0.6 is 0 Å². The van der Waals surface area contributed by atoms with Gasteiger partial charge in [0.15, 0.2) is 0 Å². The van der Waals surface area contributed by atoms with Crippen LogP contribution in [0.1, 0.15) is 46.5 Å². The van der Waals surface area contributed by atoms with Gasteiger partial charge in [0.1, 0.15) is 11.6 Å². The van der Waals surface area contributed by atoms with Crippen molar-refractivity contribution in [2.75, 3.05) is 6.54 Å². The lowest BCUT2D eigenvalue weighted by atomic mass is 9.92. The maximum atomic E-state index is 11.6. The number of carbonyl (C=O) groups is 3. The molecule has 0 unspecified atom stereocenters. The Morgan fingerprint density at radius 2 is 2.14 bits per heavy atom. The van der Waals surface area contributed by atoms with Crippen molar-refractivity contribution in [3.8, 4) is 0 Å². The fourth-order valence-electron chi connectivity index (χ4n) is 2.19. The molecule has 2 amide bonds. The molecule has 1 aliphatic rings. The summed E-state index contributed by atoms with van der Waals surface area (Å²) in [4.78, 5) is 34.4. The van der Waals surface area contributed by atoms with E-state index in [0.29, 0.717) is 13.0 Å². The van der Waals surface area contributed by atoms with Crippen molar-refractivity contribution in [1.82, 2.24) is 10.6 Å². The molecule has 0 aromatic heterocycles. The van der Waals surface area contributed by atoms with Crippen molar-refractivity contribution in [3.63, 3.8) is 0 Å². The van der Waals surface area contributed by atoms with Crippen LogP contribution in [0.5, 0.6) is 0 Å². The fraction of sp³-hybridized carbons (Fsp3) is 0.786. The van der Waals surface area contributed by atoms with E-state index in [4.69, 9.17) is 9.84 Å². The highest BCUT2D eigenvalue weighted by atomic mass is 16.6. The molecule has 0 saturated carbocycles. The summed E-state index contributed by atoms with van der Waals surface area (Å²) in [5.41, 5.74) is -0.684. The third-order valence-electron chi connectivity index (χ3n) is 3.19. The predicted molar refractivity (Wildman–Crippen MR) is 75.8 cm³/mol. The second kappa shape index (κ2) is 7.28. The zero-order valence-corrected chi connectivity index (χ0v) is 12.8. The fourth-order valence-corrected chi connectivity index (χ4v) is 2.19. The summed E-state index contributed by atoms with van der Waals surface area (Å²) < 4.78 is 5.04. The van der Waals surface area contributed by atoms with Crippen LogP contribution in [0.4, 0.5) is 4.79 Å². The number of nitrogens with one attached hydrogen (secondary N) is 2. The van der Waals surface area contributed by atoms with Crippen LogP contribution in [0.2, 0.25) is 0 Å². The van der Waals surface area contributed by atoms with Gasteiger partial charge in [-0.2, -0.15) is 0 Å². The molecule has 0 aromatic carbocycles. The average molecular weight is 300 g/mol. The Hall–Kier alpha value is -1.79. The van der Waals surface area contributed by atoms with Gasteiger partial charge in [-0.05, 0) is 46.5 Å². The number of aliphatic carboxylic acids is 1. The number of alkyl carbamates (subject to hydrolysis) is 1. The van der Waals surface area contributed by atoms with Crippen LogP contribution in [0.15, 0.2) is 0 Å². The first-order valence-corrected chi connectivity index (χ1v) is 7.19. The SMILES string of the molecule is CC(C)(C)OC(=O)N[C@@H](CC[C@@H]1CCCNC1=O)C(=O)O. The largest absolute Gasteiger partial charge is 0.480 e. The lowest BCUT2D eigenvalue weighted by molar-refractivity contribution is -0.140. The van der Waals surface area contributed by atoms with E-state index in [1.165, 1.54) is 0 Å². The molecule has 0 aromatic rings. The molecule has 0 aliphatic carbocycles. The Labute approximate surface area is 124 Å². The number of carbonyl (C=O) groups excluding carboxylic acids is 2. The van der Waals surface area contributed by atoms with Crippen LogP contribution in [0.3, 0.4) is 0 Å². The van der Waals surface area contributed by atoms with E-state index in [-0.39, 0.29) is 18.2 Å². The second-order valence-corrected chi connectivity index (χ2v) is 6.24. The van der Waals surface area contributed by atoms with Crippen molar-refractivity contribution in [2.24, 2.45) is 5.92 Å². The number of carboxylic acid groups (broad SMARTS) is 1. The minimum atomic E-state index is -1.13. The molecule has 0 radical (unpaired) electrons. The zero-order chi connectivity index (χ0) is 16.0. The highest BCUT2D eigenvalue weighted by molar-refractivity contribution is 5.81. The van der Waals surface area contributed by atoms with Gasteiger partial charge in [0.25, 0.3) is 0 Å². The highest BCUT2D eigenvalue weighted by Crippen LogP contribution is 2.18. The van der Waals surface area contributed by atoms with Gasteiger partial charge < -0.3 is 20.5 Å². The van der Waals surface area contributed by atoms with Crippen LogP contribution in [-0.2, 0) is 14.3 Å². The average Bonchev–Trinajstić information content (AvgIpc) is 2.33. The molecular formula is C14H24N2O5. The molecule has 1 heterocycles. The van der Waals surface area contributed by atoms with Crippen LogP contribution in [0, 0.1) is 5.92 Å². The third kappa shape index (κ3) is 6.46. The van der Waals surface area contributed by atoms with E-state index in [9.17, 15) is 14.4 Å². The molecule has 2 atom stereocenters. The Kier molecular flexibility index (Phi) is 5.99. The number of hydrogen-bond donors (Lipinski definition) is 3. The first-order chi connectivity index (χ1) is 9.69. The Bertz CT molecular complexity index is 403. The van der Waals surface area contributed by atoms with Gasteiger partial charge >= 0.3 is 12.1 Å². The molecule has 0 bridgehead atoms. The van der Waals surface area contributed by atoms with Gasteiger partial charge in [-0.25, -0.2) is 9.59 Å². The van der Waals surface area contributed by atoms with Gasteiger partial charge in [0, 0.05) is 12.5 Å². The van der Waals surface area contributed by atoms with Crippen LogP contribution < -0.4 is 10.6 Å². The molecule has 1 fully saturated rings. The summed E-state index contributed by atoms with van der Waals surface area (Å²) in [6.45, 7) is 5.78. The number of hydrogen-bond acceptors (Lipinski definition) is 4. The highest BCUT2D eigenvalue weighted by Gasteiger charge is 2.27. The van der Waals surface area contributed by atoms with E-state index >= 15 is 0 Å². The lowest BCUT2D eigenvalue weighted by Gasteiger charge is -2.24. The normalized spacial score (nSPS) is 20.3. The van der Waals surface area contributed by atoms with E-state index in [2.05, 4.69) is 10.6 Å². The number of piperidine rings is 1. The molecule has 21 heavy (non-hydrogen) atoms. The number of ether oxygens (including phenoxy) is 1. The minimum absolute atomic E-state index is 0.0392. The second-order valence-electron chi connectivity index (χ2n) is 6.24. The summed E-state index contributed by atoms with van der Waals surface area (Å²) >= 11 is 0. The molecular weight excluding hydrogens is 276 g/mol. The smallest absolute Gasteiger partial charge is 0.408 e. The van der Waals surface area contributed by atoms with Gasteiger partial charge in [-0.3, -0.25) is 4.79 Å². The van der Waals surface area contributed by atoms with Crippen molar-refractivity contribution in [3.05, 3.63) is 0 Å². The van der Waals surface area contributed by atoms with Crippen molar-refractivity contribution in [1.29, 1.82) is 0 Å². The molecule has 1 rings (SSSR count). The first kappa shape index (κ1) is 17.3. The Morgan fingerprint density at radius 1 is 1.48 bits per heavy atom. The van der Waals surface area contributed by atoms with E-state index < -0.39 is 23.7 Å². The number of rotatable bonds is 5. The first-order valence-electron chi connectivity index (χ1n) is 7.19. The predicted octanol–water partition coefficient (Wildman–Crippen LogP) is 1.27. The van der Waals surface area contributed by atoms with Gasteiger partial charge in [-0.1, -0.05) is 0 Å². The lowest BCUT2D eigenvalue weighted by Crippen LogP contribution is -2.44. The molecule has 3 N–H and O–H groups in total. The summed E-state index contributed by atoms with van der Waals surface area (Å²) in [6.07, 6.45) is 1.52. The number of amides is 2. The summed E-state index contributed by atoms with van der Waals surface area (Å²) in [5, 5.41) is 14.2. The Balaban J connectivity index is 2.48. The van der Waals surface area contributed by atoms with Gasteiger partial charge in [0.05, 0.1) is 0 Å². The molecule has 1 aliphatic heterocycles. The van der Waals surface area contributed by atoms with Gasteiger partial charge in [0.2, 0.25) is 5.91 Å². The Morgan fingerprint density at radius 3 is 2.67 bits per heavy atom. The van der Waals surface area contributed by atoms with Crippen molar-refractivity contribution in [2.45, 2.75) is 58.1 Å². The summed E-state index contributed by atoms with van der Waals surface area (Å²) in [7, 11) is 0. The maximum Gasteiger partial charge on any atom is 0.408 e. The number of carboxylic acids is 1. The third-order valence-corrected chi connectivity index (χ3v) is 3.19. The summed E-state index contributed by atoms with van der Waals surface area (Å²) in [6, 6.07) is -1.05. The standard InChI is InChI=1S/C14H24N2O5/c1-14(2,3)21-13(20)16-10(12(18)19)7-6-9-5-4-8-15-11(9)17/h9-10H,4-8H2,1-3H3,(H,15,17)(H,16,20)(H,18,19)/t9-,10-/m0/s1. The molecule has 0 spiro atoms. The molecule has 7 nitrogen and oxygen atoms in total. The zero-order valence-electron chi connectivity index (χ0n) is 12.8. The molecule has 7 heteroatoms. The maximum absolute atomic E-state index is 11.6. The van der Waals surface area contributed by atoms with Crippen molar-refractivity contribution >= 4 is 18.0 Å². The topological polar surface area (TPSA) is 105 Å². The van der Waals surface area contributed by atoms with E-state index in [0.717, 1.165) is 12.8 Å². The molecule has 120 valence electrons. The van der Waals surface area contributed by atoms with E-state index in [1.807, 2.05) is 0 Å². The van der Waals surface area contributed by atoms with Crippen molar-refractivity contribution < 1.29 is 24.2 Å². The van der Waals surface area contributed by atoms with Crippen LogP contribution in [-0.4, -0.2) is 41.3 Å². The minimum Gasteiger partial charge on any atom is -0.480 e. The quantitative estimate of drug-likeness (QED) is 0.709. The monoisotopic (exact) mass is 300 g/mol. The molecule has 1 saturated heterocycles. The van der Waals surface area contributed by atoms with Gasteiger partial charge in [-0.15, -0.1) is 0 Å². The summed E-state index contributed by atoms with van der Waals surface area (Å²) in [5.74, 6) is -1.35.